The predicted molar refractivity (Wildman–Crippen MR) is 65.6 cm³/mol. The Morgan fingerprint density at radius 2 is 2.23 bits per heavy atom. The van der Waals surface area contributed by atoms with Crippen molar-refractivity contribution in [3.63, 3.8) is 0 Å². The van der Waals surface area contributed by atoms with E-state index in [-0.39, 0.29) is 9.19 Å². The summed E-state index contributed by atoms with van der Waals surface area (Å²) in [6, 6.07) is 0. The molecule has 13 heavy (non-hydrogen) atoms. The van der Waals surface area contributed by atoms with Crippen molar-refractivity contribution >= 4 is 40.4 Å². The van der Waals surface area contributed by atoms with Gasteiger partial charge in [0.25, 0.3) is 0 Å². The standard InChI is InChI=1S/C9H14OS3/c1-3-8(10)11-7-9(2)12-5-4-6-13-9/h3H,1,4-7H2,2H3. The van der Waals surface area contributed by atoms with Crippen LogP contribution in [0.5, 0.6) is 0 Å². The summed E-state index contributed by atoms with van der Waals surface area (Å²) >= 11 is 5.33. The highest BCUT2D eigenvalue weighted by Gasteiger charge is 2.28. The fourth-order valence-electron chi connectivity index (χ4n) is 1.02. The molecule has 1 aliphatic rings. The Labute approximate surface area is 92.5 Å². The van der Waals surface area contributed by atoms with Crippen LogP contribution < -0.4 is 0 Å². The number of hydrogen-bond acceptors (Lipinski definition) is 4. The fourth-order valence-corrected chi connectivity index (χ4v) is 5.02. The number of thioether (sulfide) groups is 3. The molecule has 0 aromatic carbocycles. The molecule has 1 heterocycles. The van der Waals surface area contributed by atoms with E-state index in [0.29, 0.717) is 0 Å². The molecule has 0 aromatic rings. The Kier molecular flexibility index (Phi) is 4.76. The van der Waals surface area contributed by atoms with Gasteiger partial charge in [-0.15, -0.1) is 23.5 Å². The van der Waals surface area contributed by atoms with Gasteiger partial charge in [0.1, 0.15) is 0 Å². The second-order valence-electron chi connectivity index (χ2n) is 3.00. The minimum absolute atomic E-state index is 0.0907. The van der Waals surface area contributed by atoms with Gasteiger partial charge >= 0.3 is 0 Å². The second-order valence-corrected chi connectivity index (χ2v) is 7.43. The van der Waals surface area contributed by atoms with Crippen molar-refractivity contribution in [1.29, 1.82) is 0 Å². The zero-order chi connectivity index (χ0) is 9.73. The minimum atomic E-state index is 0.0907. The monoisotopic (exact) mass is 234 g/mol. The Balaban J connectivity index is 2.32. The van der Waals surface area contributed by atoms with Crippen LogP contribution >= 0.6 is 35.3 Å². The van der Waals surface area contributed by atoms with Crippen LogP contribution in [0.4, 0.5) is 0 Å². The Morgan fingerprint density at radius 3 is 2.77 bits per heavy atom. The largest absolute Gasteiger partial charge is 0.282 e. The molecule has 0 aliphatic carbocycles. The van der Waals surface area contributed by atoms with E-state index in [1.165, 1.54) is 35.8 Å². The smallest absolute Gasteiger partial charge is 0.211 e. The van der Waals surface area contributed by atoms with E-state index in [1.807, 2.05) is 23.5 Å². The maximum atomic E-state index is 11.0. The van der Waals surface area contributed by atoms with E-state index in [9.17, 15) is 4.79 Å². The molecule has 0 aromatic heterocycles. The Hall–Kier alpha value is 0.460. The molecule has 0 N–H and O–H groups in total. The van der Waals surface area contributed by atoms with Gasteiger partial charge in [-0.3, -0.25) is 4.79 Å². The minimum Gasteiger partial charge on any atom is -0.282 e. The highest BCUT2D eigenvalue weighted by Crippen LogP contribution is 2.43. The summed E-state index contributed by atoms with van der Waals surface area (Å²) in [4.78, 5) is 11.0. The van der Waals surface area contributed by atoms with Gasteiger partial charge in [-0.2, -0.15) is 0 Å². The number of hydrogen-bond donors (Lipinski definition) is 0. The normalized spacial score (nSPS) is 21.0. The van der Waals surface area contributed by atoms with Crippen molar-refractivity contribution in [1.82, 2.24) is 0 Å². The first-order valence-corrected chi connectivity index (χ1v) is 7.19. The van der Waals surface area contributed by atoms with E-state index in [1.54, 1.807) is 0 Å². The molecular formula is C9H14OS3. The van der Waals surface area contributed by atoms with Crippen molar-refractivity contribution in [3.05, 3.63) is 12.7 Å². The third kappa shape index (κ3) is 4.00. The lowest BCUT2D eigenvalue weighted by Gasteiger charge is -2.31. The molecular weight excluding hydrogens is 220 g/mol. The van der Waals surface area contributed by atoms with Crippen LogP contribution in [-0.4, -0.2) is 26.5 Å². The number of rotatable bonds is 3. The maximum Gasteiger partial charge on any atom is 0.211 e. The molecule has 0 amide bonds. The van der Waals surface area contributed by atoms with Gasteiger partial charge in [0.05, 0.1) is 4.08 Å². The van der Waals surface area contributed by atoms with Gasteiger partial charge in [0, 0.05) is 5.75 Å². The lowest BCUT2D eigenvalue weighted by atomic mass is 10.5. The summed E-state index contributed by atoms with van der Waals surface area (Å²) in [6.07, 6.45) is 2.69. The zero-order valence-electron chi connectivity index (χ0n) is 7.75. The molecule has 1 fully saturated rings. The van der Waals surface area contributed by atoms with E-state index in [0.717, 1.165) is 5.75 Å². The molecule has 0 atom stereocenters. The van der Waals surface area contributed by atoms with Crippen LogP contribution in [0.25, 0.3) is 0 Å². The van der Waals surface area contributed by atoms with E-state index in [2.05, 4.69) is 13.5 Å². The van der Waals surface area contributed by atoms with Gasteiger partial charge in [-0.1, -0.05) is 18.3 Å². The van der Waals surface area contributed by atoms with Crippen molar-refractivity contribution < 1.29 is 4.79 Å². The van der Waals surface area contributed by atoms with Crippen molar-refractivity contribution in [2.45, 2.75) is 17.4 Å². The lowest BCUT2D eigenvalue weighted by Crippen LogP contribution is -2.24. The quantitative estimate of drug-likeness (QED) is 0.698. The molecule has 1 rings (SSSR count). The maximum absolute atomic E-state index is 11.0. The summed E-state index contributed by atoms with van der Waals surface area (Å²) in [5, 5.41) is 0.0907. The molecule has 0 saturated carbocycles. The highest BCUT2D eigenvalue weighted by molar-refractivity contribution is 8.21. The van der Waals surface area contributed by atoms with Crippen molar-refractivity contribution in [2.24, 2.45) is 0 Å². The second kappa shape index (κ2) is 5.37. The fraction of sp³-hybridized carbons (Fsp3) is 0.667. The Morgan fingerprint density at radius 1 is 1.62 bits per heavy atom. The van der Waals surface area contributed by atoms with Crippen LogP contribution in [0.3, 0.4) is 0 Å². The van der Waals surface area contributed by atoms with Gasteiger partial charge in [-0.25, -0.2) is 0 Å². The topological polar surface area (TPSA) is 17.1 Å². The predicted octanol–water partition coefficient (Wildman–Crippen LogP) is 3.02. The van der Waals surface area contributed by atoms with Gasteiger partial charge in [-0.05, 0) is 30.9 Å². The molecule has 4 heteroatoms. The molecule has 0 spiro atoms. The summed E-state index contributed by atoms with van der Waals surface area (Å²) in [7, 11) is 0. The van der Waals surface area contributed by atoms with Crippen molar-refractivity contribution in [3.8, 4) is 0 Å². The van der Waals surface area contributed by atoms with Gasteiger partial charge < -0.3 is 0 Å². The first-order valence-electron chi connectivity index (χ1n) is 4.23. The Bertz CT molecular complexity index is 197. The van der Waals surface area contributed by atoms with E-state index in [4.69, 9.17) is 0 Å². The number of carbonyl (C=O) groups is 1. The molecule has 1 nitrogen and oxygen atoms in total. The zero-order valence-corrected chi connectivity index (χ0v) is 10.2. The van der Waals surface area contributed by atoms with Gasteiger partial charge in [0.2, 0.25) is 5.12 Å². The SMILES string of the molecule is C=CC(=O)SCC1(C)SCCCS1. The summed E-state index contributed by atoms with van der Waals surface area (Å²) in [5.41, 5.74) is 0. The van der Waals surface area contributed by atoms with Crippen LogP contribution in [-0.2, 0) is 4.79 Å². The van der Waals surface area contributed by atoms with Crippen LogP contribution in [0.1, 0.15) is 13.3 Å². The van der Waals surface area contributed by atoms with E-state index >= 15 is 0 Å². The molecule has 1 aliphatic heterocycles. The first kappa shape index (κ1) is 11.5. The average Bonchev–Trinajstić information content (AvgIpc) is 2.15. The summed E-state index contributed by atoms with van der Waals surface area (Å²) < 4.78 is 0.238. The average molecular weight is 234 g/mol. The molecule has 0 bridgehead atoms. The van der Waals surface area contributed by atoms with Crippen LogP contribution in [0, 0.1) is 0 Å². The van der Waals surface area contributed by atoms with Crippen LogP contribution in [0.2, 0.25) is 0 Å². The first-order chi connectivity index (χ1) is 6.16. The molecule has 74 valence electrons. The van der Waals surface area contributed by atoms with Crippen LogP contribution in [0.15, 0.2) is 12.7 Å². The van der Waals surface area contributed by atoms with Gasteiger partial charge in [0.15, 0.2) is 0 Å². The van der Waals surface area contributed by atoms with Crippen molar-refractivity contribution in [2.75, 3.05) is 17.3 Å². The molecule has 0 unspecified atom stereocenters. The lowest BCUT2D eigenvalue weighted by molar-refractivity contribution is -0.107. The van der Waals surface area contributed by atoms with E-state index < -0.39 is 0 Å². The third-order valence-electron chi connectivity index (χ3n) is 1.75. The summed E-state index contributed by atoms with van der Waals surface area (Å²) in [5.74, 6) is 3.35. The third-order valence-corrected chi connectivity index (χ3v) is 6.49. The highest BCUT2D eigenvalue weighted by atomic mass is 32.2. The molecule has 0 radical (unpaired) electrons. The molecule has 1 saturated heterocycles. The number of carbonyl (C=O) groups excluding carboxylic acids is 1. The summed E-state index contributed by atoms with van der Waals surface area (Å²) in [6.45, 7) is 5.69.